The van der Waals surface area contributed by atoms with Crippen molar-refractivity contribution in [1.29, 1.82) is 0 Å². The Kier molecular flexibility index (Phi) is 10.1. The van der Waals surface area contributed by atoms with E-state index in [9.17, 15) is 35.1 Å². The average Bonchev–Trinajstić information content (AvgIpc) is 3.94. The Balaban J connectivity index is 1.10. The molecule has 0 radical (unpaired) electrons. The molecule has 0 aromatic carbocycles. The zero-order chi connectivity index (χ0) is 42.9. The molecule has 0 unspecified atom stereocenters. The summed E-state index contributed by atoms with van der Waals surface area (Å²) in [7, 11) is 0. The fourth-order valence-corrected chi connectivity index (χ4v) is 16.4. The lowest BCUT2D eigenvalue weighted by Gasteiger charge is -2.65. The van der Waals surface area contributed by atoms with Crippen LogP contribution < -0.4 is 0 Å². The molecule has 19 atom stereocenters. The molecular weight excluding hydrogens is 767 g/mol. The van der Waals surface area contributed by atoms with Gasteiger partial charge in [0.15, 0.2) is 5.78 Å². The highest BCUT2D eigenvalue weighted by Crippen LogP contribution is 2.74. The number of nitrogens with one attached hydrogen (secondary N) is 1. The summed E-state index contributed by atoms with van der Waals surface area (Å²) in [6.45, 7) is 8.76. The molecule has 1 saturated heterocycles. The molecule has 2 heterocycles. The number of ketones is 1. The molecule has 1 aliphatic heterocycles. The number of cyclic esters (lactones) is 1. The molecular formula is C52H67NO8. The summed E-state index contributed by atoms with van der Waals surface area (Å²) in [5, 5.41) is 61.7. The second kappa shape index (κ2) is 14.7. The fraction of sp³-hybridized carbons (Fsp3) is 0.731. The van der Waals surface area contributed by atoms with Crippen molar-refractivity contribution < 1.29 is 39.9 Å². The number of H-pyrrole nitrogens is 1. The Morgan fingerprint density at radius 2 is 1.69 bits per heavy atom. The van der Waals surface area contributed by atoms with Gasteiger partial charge in [0.05, 0.1) is 47.5 Å². The van der Waals surface area contributed by atoms with E-state index in [4.69, 9.17) is 4.74 Å². The SMILES string of the molecule is C[C@H]1CCC2=CC[C@@H]3[C@H](C[C@@H]([C@@H]4COC(=O)[C@H]4c4cc[nH]c4)C#CC[C@H]4C[C@@]5(O)C6=CC(=O)[C@@]78CC#CC[C@@]5(CC[C@@H]6[C@@]7(C)C[C@H](O)[C@H](O)C8)[C@H]4[C@@](C)(O)[C@H](O)C[C@H]3C)[C@H]2C1. The van der Waals surface area contributed by atoms with E-state index in [0.29, 0.717) is 62.0 Å². The number of rotatable bonds is 2. The molecule has 11 rings (SSSR count). The molecule has 9 heteroatoms. The van der Waals surface area contributed by atoms with Crippen molar-refractivity contribution in [2.75, 3.05) is 6.61 Å². The summed E-state index contributed by atoms with van der Waals surface area (Å²) in [4.78, 5) is 31.4. The highest BCUT2D eigenvalue weighted by Gasteiger charge is 2.75. The van der Waals surface area contributed by atoms with Crippen LogP contribution in [0.1, 0.15) is 129 Å². The lowest BCUT2D eigenvalue weighted by atomic mass is 9.39. The third kappa shape index (κ3) is 5.99. The third-order valence-corrected chi connectivity index (χ3v) is 19.5. The highest BCUT2D eigenvalue weighted by molar-refractivity contribution is 5.98. The summed E-state index contributed by atoms with van der Waals surface area (Å²) in [6.07, 6.45) is 13.1. The van der Waals surface area contributed by atoms with Crippen LogP contribution in [0.15, 0.2) is 41.8 Å². The predicted molar refractivity (Wildman–Crippen MR) is 229 cm³/mol. The number of aliphatic hydroxyl groups is 5. The van der Waals surface area contributed by atoms with Gasteiger partial charge in [0.1, 0.15) is 0 Å². The van der Waals surface area contributed by atoms with Gasteiger partial charge < -0.3 is 35.3 Å². The van der Waals surface area contributed by atoms with Crippen molar-refractivity contribution in [3.05, 3.63) is 47.3 Å². The van der Waals surface area contributed by atoms with Crippen molar-refractivity contribution in [2.45, 2.75) is 153 Å². The van der Waals surface area contributed by atoms with Gasteiger partial charge in [0, 0.05) is 54.8 Å². The van der Waals surface area contributed by atoms with E-state index < -0.39 is 57.6 Å². The first-order valence-corrected chi connectivity index (χ1v) is 23.7. The Morgan fingerprint density at radius 1 is 0.902 bits per heavy atom. The Bertz CT molecular complexity index is 2130. The van der Waals surface area contributed by atoms with Gasteiger partial charge in [-0.1, -0.05) is 38.3 Å². The molecule has 9 nitrogen and oxygen atoms in total. The summed E-state index contributed by atoms with van der Waals surface area (Å²) < 4.78 is 5.88. The number of aliphatic hydroxyl groups excluding tert-OH is 3. The smallest absolute Gasteiger partial charge is 0.313 e. The summed E-state index contributed by atoms with van der Waals surface area (Å²) >= 11 is 0. The van der Waals surface area contributed by atoms with Crippen LogP contribution in [0.5, 0.6) is 0 Å². The molecule has 1 aromatic heterocycles. The van der Waals surface area contributed by atoms with Crippen LogP contribution in [0.3, 0.4) is 0 Å². The number of hydrogen-bond acceptors (Lipinski definition) is 8. The molecule has 6 N–H and O–H groups in total. The van der Waals surface area contributed by atoms with Gasteiger partial charge in [0.25, 0.3) is 0 Å². The minimum Gasteiger partial charge on any atom is -0.465 e. The monoisotopic (exact) mass is 833 g/mol. The van der Waals surface area contributed by atoms with Crippen molar-refractivity contribution in [1.82, 2.24) is 4.98 Å². The van der Waals surface area contributed by atoms with Crippen LogP contribution in [0.2, 0.25) is 0 Å². The lowest BCUT2D eigenvalue weighted by molar-refractivity contribution is -0.196. The molecule has 4 bridgehead atoms. The van der Waals surface area contributed by atoms with Crippen molar-refractivity contribution in [3.63, 3.8) is 0 Å². The van der Waals surface area contributed by atoms with E-state index in [2.05, 4.69) is 55.5 Å². The first-order chi connectivity index (χ1) is 29.0. The molecule has 0 amide bonds. The van der Waals surface area contributed by atoms with Crippen molar-refractivity contribution >= 4 is 11.8 Å². The predicted octanol–water partition coefficient (Wildman–Crippen LogP) is 6.40. The van der Waals surface area contributed by atoms with Gasteiger partial charge in [-0.25, -0.2) is 0 Å². The first-order valence-electron chi connectivity index (χ1n) is 23.7. The number of allylic oxidation sites excluding steroid dienone is 3. The second-order valence-corrected chi connectivity index (χ2v) is 22.3. The van der Waals surface area contributed by atoms with Crippen LogP contribution in [-0.2, 0) is 14.3 Å². The largest absolute Gasteiger partial charge is 0.465 e. The second-order valence-electron chi connectivity index (χ2n) is 22.3. The maximum Gasteiger partial charge on any atom is 0.313 e. The van der Waals surface area contributed by atoms with Gasteiger partial charge in [-0.05, 0) is 148 Å². The van der Waals surface area contributed by atoms with Crippen molar-refractivity contribution in [3.8, 4) is 23.7 Å². The molecule has 2 spiro atoms. The molecule has 1 aromatic rings. The van der Waals surface area contributed by atoms with Crippen LogP contribution >= 0.6 is 0 Å². The highest BCUT2D eigenvalue weighted by atomic mass is 16.5. The quantitative estimate of drug-likeness (QED) is 0.114. The van der Waals surface area contributed by atoms with Crippen LogP contribution in [0.25, 0.3) is 0 Å². The van der Waals surface area contributed by atoms with Gasteiger partial charge in [-0.2, -0.15) is 0 Å². The maximum atomic E-state index is 14.7. The zero-order valence-electron chi connectivity index (χ0n) is 36.5. The topological polar surface area (TPSA) is 160 Å². The van der Waals surface area contributed by atoms with Crippen molar-refractivity contribution in [2.24, 2.45) is 75.4 Å². The van der Waals surface area contributed by atoms with E-state index >= 15 is 0 Å². The van der Waals surface area contributed by atoms with Gasteiger partial charge in [-0.3, -0.25) is 9.59 Å². The Morgan fingerprint density at radius 3 is 2.48 bits per heavy atom. The van der Waals surface area contributed by atoms with Crippen LogP contribution in [-0.4, -0.2) is 78.4 Å². The molecule has 10 aliphatic rings. The number of ether oxygens (including phenoxy) is 1. The normalized spacial score (nSPS) is 51.4. The van der Waals surface area contributed by atoms with Gasteiger partial charge in [-0.15, -0.1) is 17.8 Å². The van der Waals surface area contributed by atoms with Gasteiger partial charge in [0.2, 0.25) is 0 Å². The summed E-state index contributed by atoms with van der Waals surface area (Å²) in [5.74, 6) is 13.7. The average molecular weight is 834 g/mol. The zero-order valence-corrected chi connectivity index (χ0v) is 36.5. The molecule has 4 saturated carbocycles. The first kappa shape index (κ1) is 41.8. The number of carbonyl (C=O) groups excluding carboxylic acids is 2. The van der Waals surface area contributed by atoms with E-state index in [1.54, 1.807) is 18.6 Å². The molecule has 328 valence electrons. The molecule has 9 aliphatic carbocycles. The van der Waals surface area contributed by atoms with Crippen LogP contribution in [0.4, 0.5) is 0 Å². The maximum absolute atomic E-state index is 14.7. The lowest BCUT2D eigenvalue weighted by Crippen LogP contribution is -2.67. The minimum atomic E-state index is -1.62. The Labute approximate surface area is 361 Å². The minimum absolute atomic E-state index is 0.0634. The number of carbonyl (C=O) groups is 2. The van der Waals surface area contributed by atoms with E-state index in [-0.39, 0.29) is 72.9 Å². The number of hydrogen-bond donors (Lipinski definition) is 6. The number of esters is 1. The summed E-state index contributed by atoms with van der Waals surface area (Å²) in [5.41, 5.74) is -2.68. The standard InChI is InChI=1S/C52H67NO8/c1-29-10-11-31-12-13-35-30(2)21-43(56)49(4,59)46-33(9-7-8-32(22-37(35)36(31)20-29)38-28-61-47(58)45(38)34-15-19-53-27-34)24-52(60)40-23-44(57)51-17-6-5-16-50(46,52)18-14-39(40)48(51,3)25-41(54)42(55)26-51/h12,15,19,23,27,29-30,32-33,35-39,41-43,45-46,53-56,59-60H,9-11,13-14,16-18,20-22,24-26,28H2,1-4H3/t29-,30+,32-,33-,35-,36-,37-,38-,39-,41-,42+,43+,45-,46+,48+,49-,50+,51-,52+/m0/s1. The third-order valence-electron chi connectivity index (χ3n) is 19.5. The van der Waals surface area contributed by atoms with E-state index in [0.717, 1.165) is 31.2 Å². The number of aromatic amines is 1. The van der Waals surface area contributed by atoms with Gasteiger partial charge >= 0.3 is 5.97 Å². The van der Waals surface area contributed by atoms with E-state index in [1.807, 2.05) is 18.5 Å². The summed E-state index contributed by atoms with van der Waals surface area (Å²) in [6, 6.07) is 1.97. The fourth-order valence-electron chi connectivity index (χ4n) is 16.4. The Hall–Kier alpha value is -3.18. The van der Waals surface area contributed by atoms with Crippen LogP contribution in [0, 0.1) is 99.1 Å². The van der Waals surface area contributed by atoms with E-state index in [1.165, 1.54) is 6.42 Å². The number of aromatic nitrogens is 1. The molecule has 61 heavy (non-hydrogen) atoms. The molecule has 5 fully saturated rings. The number of fused-ring (bicyclic) bond motifs is 8.